The number of aliphatic imine (C=N–C) groups is 1. The monoisotopic (exact) mass is 430 g/mol. The number of halogens is 4. The van der Waals surface area contributed by atoms with E-state index >= 15 is 0 Å². The molecule has 2 aromatic carbocycles. The Kier molecular flexibility index (Phi) is 5.97. The highest BCUT2D eigenvalue weighted by molar-refractivity contribution is 7.78. The highest BCUT2D eigenvalue weighted by Gasteiger charge is 2.32. The van der Waals surface area contributed by atoms with Crippen molar-refractivity contribution in [1.29, 1.82) is 0 Å². The maximum absolute atomic E-state index is 13.0. The van der Waals surface area contributed by atoms with Gasteiger partial charge in [-0.15, -0.1) is 0 Å². The van der Waals surface area contributed by atoms with Crippen LogP contribution in [0.4, 0.5) is 24.5 Å². The van der Waals surface area contributed by atoms with Crippen LogP contribution in [0.15, 0.2) is 41.4 Å². The molecule has 0 aromatic heterocycles. The summed E-state index contributed by atoms with van der Waals surface area (Å²) in [6.07, 6.45) is -3.28. The first-order valence-corrected chi connectivity index (χ1v) is 9.93. The molecule has 2 N–H and O–H groups in total. The molecule has 0 spiro atoms. The molecule has 0 bridgehead atoms. The standard InChI is InChI=1S/C18H17ClF3N3O2S/c19-14-5-3-11(10-28(26)27)8-15(14)24-17(23)25-7-1-2-12-9-13(18(20,21)22)4-6-16(12)25/h3-6,8-9H,1-2,7,10H2,(H2,23,24)(H,26,27)/p-1. The van der Waals surface area contributed by atoms with E-state index in [-0.39, 0.29) is 16.7 Å². The van der Waals surface area contributed by atoms with Crippen LogP contribution in [0.3, 0.4) is 0 Å². The van der Waals surface area contributed by atoms with Crippen molar-refractivity contribution in [1.82, 2.24) is 0 Å². The summed E-state index contributed by atoms with van der Waals surface area (Å²) in [6, 6.07) is 8.15. The Balaban J connectivity index is 1.94. The minimum Gasteiger partial charge on any atom is -0.772 e. The van der Waals surface area contributed by atoms with E-state index in [1.54, 1.807) is 11.0 Å². The largest absolute Gasteiger partial charge is 0.772 e. The predicted octanol–water partition coefficient (Wildman–Crippen LogP) is 4.14. The molecule has 0 amide bonds. The number of anilines is 1. The number of guanidine groups is 1. The van der Waals surface area contributed by atoms with Crippen molar-refractivity contribution < 1.29 is 21.9 Å². The van der Waals surface area contributed by atoms with Crippen molar-refractivity contribution in [3.8, 4) is 0 Å². The van der Waals surface area contributed by atoms with Gasteiger partial charge < -0.3 is 15.2 Å². The van der Waals surface area contributed by atoms with Gasteiger partial charge in [0.25, 0.3) is 0 Å². The third-order valence-electron chi connectivity index (χ3n) is 4.33. The molecule has 1 aliphatic heterocycles. The highest BCUT2D eigenvalue weighted by Crippen LogP contribution is 2.35. The second-order valence-electron chi connectivity index (χ2n) is 6.30. The Bertz CT molecular complexity index is 950. The van der Waals surface area contributed by atoms with Crippen molar-refractivity contribution >= 4 is 40.0 Å². The van der Waals surface area contributed by atoms with Gasteiger partial charge in [0, 0.05) is 18.0 Å². The van der Waals surface area contributed by atoms with E-state index in [1.165, 1.54) is 18.2 Å². The van der Waals surface area contributed by atoms with Gasteiger partial charge in [-0.3, -0.25) is 4.21 Å². The Labute approximate surface area is 167 Å². The lowest BCUT2D eigenvalue weighted by atomic mass is 9.99. The molecule has 0 radical (unpaired) electrons. The third kappa shape index (κ3) is 4.65. The van der Waals surface area contributed by atoms with E-state index in [1.807, 2.05) is 0 Å². The van der Waals surface area contributed by atoms with Crippen LogP contribution >= 0.6 is 11.6 Å². The van der Waals surface area contributed by atoms with Crippen molar-refractivity contribution in [3.05, 3.63) is 58.1 Å². The van der Waals surface area contributed by atoms with Crippen LogP contribution in [0, 0.1) is 0 Å². The Morgan fingerprint density at radius 3 is 2.71 bits per heavy atom. The average molecular weight is 431 g/mol. The summed E-state index contributed by atoms with van der Waals surface area (Å²) in [7, 11) is 0. The number of rotatable bonds is 3. The maximum atomic E-state index is 13.0. The first-order valence-electron chi connectivity index (χ1n) is 8.31. The SMILES string of the molecule is NC(=Nc1cc(CS(=O)[O-])ccc1Cl)N1CCCc2cc(C(F)(F)F)ccc21. The molecule has 2 aromatic rings. The van der Waals surface area contributed by atoms with Gasteiger partial charge in [0.05, 0.1) is 16.3 Å². The van der Waals surface area contributed by atoms with Gasteiger partial charge in [-0.25, -0.2) is 4.99 Å². The summed E-state index contributed by atoms with van der Waals surface area (Å²) in [5.74, 6) is -0.116. The number of nitrogens with zero attached hydrogens (tertiary/aromatic N) is 2. The fraction of sp³-hybridized carbons (Fsp3) is 0.278. The van der Waals surface area contributed by atoms with Crippen molar-refractivity contribution in [3.63, 3.8) is 0 Å². The van der Waals surface area contributed by atoms with Gasteiger partial charge in [0.15, 0.2) is 0 Å². The topological polar surface area (TPSA) is 81.7 Å². The second kappa shape index (κ2) is 8.10. The summed E-state index contributed by atoms with van der Waals surface area (Å²) in [6.45, 7) is 0.496. The molecule has 150 valence electrons. The van der Waals surface area contributed by atoms with E-state index in [2.05, 4.69) is 4.99 Å². The van der Waals surface area contributed by atoms with Gasteiger partial charge in [0.1, 0.15) is 0 Å². The van der Waals surface area contributed by atoms with Crippen LogP contribution in [0.2, 0.25) is 5.02 Å². The van der Waals surface area contributed by atoms with Crippen LogP contribution in [0.5, 0.6) is 0 Å². The zero-order valence-corrected chi connectivity index (χ0v) is 16.1. The van der Waals surface area contributed by atoms with Crippen molar-refractivity contribution in [2.45, 2.75) is 24.8 Å². The minimum absolute atomic E-state index is 0.0722. The molecule has 28 heavy (non-hydrogen) atoms. The zero-order chi connectivity index (χ0) is 20.5. The van der Waals surface area contributed by atoms with Crippen LogP contribution < -0.4 is 10.6 Å². The van der Waals surface area contributed by atoms with Crippen molar-refractivity contribution in [2.24, 2.45) is 10.7 Å². The van der Waals surface area contributed by atoms with E-state index < -0.39 is 22.8 Å². The van der Waals surface area contributed by atoms with Gasteiger partial charge >= 0.3 is 6.18 Å². The van der Waals surface area contributed by atoms with Gasteiger partial charge in [0.2, 0.25) is 5.96 Å². The summed E-state index contributed by atoms with van der Waals surface area (Å²) in [5.41, 5.74) is 7.31. The first-order chi connectivity index (χ1) is 13.1. The number of nitrogens with two attached hydrogens (primary N) is 1. The fourth-order valence-corrected chi connectivity index (χ4v) is 3.68. The van der Waals surface area contributed by atoms with Crippen LogP contribution in [0.1, 0.15) is 23.1 Å². The molecule has 0 saturated carbocycles. The number of fused-ring (bicyclic) bond motifs is 1. The number of benzene rings is 2. The second-order valence-corrected chi connectivity index (χ2v) is 7.60. The molecule has 1 unspecified atom stereocenters. The molecular formula is C18H16ClF3N3O2S-. The molecule has 10 heteroatoms. The van der Waals surface area contributed by atoms with E-state index in [0.717, 1.165) is 12.1 Å². The molecule has 3 rings (SSSR count). The molecule has 1 atom stereocenters. The first kappa shape index (κ1) is 20.6. The summed E-state index contributed by atoms with van der Waals surface area (Å²) >= 11 is 3.86. The smallest absolute Gasteiger partial charge is 0.416 e. The third-order valence-corrected chi connectivity index (χ3v) is 5.22. The molecule has 5 nitrogen and oxygen atoms in total. The summed E-state index contributed by atoms with van der Waals surface area (Å²) in [5, 5.41) is 0.285. The van der Waals surface area contributed by atoms with Crippen LogP contribution in [0.25, 0.3) is 0 Å². The lowest BCUT2D eigenvalue weighted by Crippen LogP contribution is -2.40. The number of alkyl halides is 3. The Morgan fingerprint density at radius 1 is 1.29 bits per heavy atom. The number of hydrogen-bond donors (Lipinski definition) is 1. The molecule has 1 aliphatic rings. The van der Waals surface area contributed by atoms with E-state index in [4.69, 9.17) is 17.3 Å². The highest BCUT2D eigenvalue weighted by atomic mass is 35.5. The minimum atomic E-state index is -4.41. The Morgan fingerprint density at radius 2 is 2.04 bits per heavy atom. The summed E-state index contributed by atoms with van der Waals surface area (Å²) in [4.78, 5) is 5.92. The lowest BCUT2D eigenvalue weighted by molar-refractivity contribution is -0.137. The molecule has 0 fully saturated rings. The lowest BCUT2D eigenvalue weighted by Gasteiger charge is -2.30. The van der Waals surface area contributed by atoms with Gasteiger partial charge in [-0.05, 0) is 54.3 Å². The quantitative estimate of drug-likeness (QED) is 0.451. The van der Waals surface area contributed by atoms with Gasteiger partial charge in [-0.1, -0.05) is 28.7 Å². The summed E-state index contributed by atoms with van der Waals surface area (Å²) < 4.78 is 60.6. The van der Waals surface area contributed by atoms with E-state index in [0.29, 0.717) is 41.9 Å². The Hall–Kier alpha value is -2.10. The number of aryl methyl sites for hydroxylation is 1. The van der Waals surface area contributed by atoms with Crippen LogP contribution in [-0.4, -0.2) is 21.3 Å². The van der Waals surface area contributed by atoms with Gasteiger partial charge in [-0.2, -0.15) is 13.2 Å². The number of hydrogen-bond acceptors (Lipinski definition) is 3. The molecule has 0 saturated heterocycles. The fourth-order valence-electron chi connectivity index (χ4n) is 3.06. The van der Waals surface area contributed by atoms with Crippen LogP contribution in [-0.2, 0) is 29.4 Å². The van der Waals surface area contributed by atoms with E-state index in [9.17, 15) is 21.9 Å². The maximum Gasteiger partial charge on any atom is 0.416 e. The zero-order valence-electron chi connectivity index (χ0n) is 14.5. The molecule has 1 heterocycles. The molecular weight excluding hydrogens is 415 g/mol. The predicted molar refractivity (Wildman–Crippen MR) is 102 cm³/mol. The average Bonchev–Trinajstić information content (AvgIpc) is 2.62. The normalized spacial score (nSPS) is 16.0. The molecule has 0 aliphatic carbocycles. The van der Waals surface area contributed by atoms with Crippen molar-refractivity contribution in [2.75, 3.05) is 11.4 Å².